The largest absolute Gasteiger partial charge is 0.411 e. The molecule has 0 bridgehead atoms. The molecular formula is C20H21ClN6O2S. The molecule has 10 heteroatoms. The Labute approximate surface area is 183 Å². The molecule has 156 valence electrons. The summed E-state index contributed by atoms with van der Waals surface area (Å²) in [6.07, 6.45) is 3.31. The minimum atomic E-state index is -0.165. The molecule has 1 aliphatic rings. The average molecular weight is 445 g/mol. The van der Waals surface area contributed by atoms with Crippen LogP contribution in [0.5, 0.6) is 0 Å². The predicted molar refractivity (Wildman–Crippen MR) is 118 cm³/mol. The Bertz CT molecular complexity index is 1010. The van der Waals surface area contributed by atoms with E-state index in [1.165, 1.54) is 11.8 Å². The fourth-order valence-corrected chi connectivity index (χ4v) is 4.02. The molecular weight excluding hydrogens is 424 g/mol. The lowest BCUT2D eigenvalue weighted by Crippen LogP contribution is -2.44. The summed E-state index contributed by atoms with van der Waals surface area (Å²) in [7, 11) is 2.10. The number of carbonyl (C=O) groups excluding carboxylic acids is 1. The summed E-state index contributed by atoms with van der Waals surface area (Å²) in [4.78, 5) is 21.0. The van der Waals surface area contributed by atoms with Gasteiger partial charge in [0.05, 0.1) is 22.2 Å². The standard InChI is InChI=1S/C20H21ClN6O2S/c1-26-9-11-27(12-10-26)18-15(21)3-2-4-16(18)23-17(28)13-30-20-25-24-19(29-20)14-5-7-22-8-6-14/h2-8H,9-13H2,1H3,(H,23,28). The number of anilines is 2. The maximum Gasteiger partial charge on any atom is 0.277 e. The van der Waals surface area contributed by atoms with Gasteiger partial charge in [-0.1, -0.05) is 29.4 Å². The van der Waals surface area contributed by atoms with Crippen molar-refractivity contribution in [2.75, 3.05) is 49.2 Å². The molecule has 1 N–H and O–H groups in total. The summed E-state index contributed by atoms with van der Waals surface area (Å²) < 4.78 is 5.62. The van der Waals surface area contributed by atoms with Crippen molar-refractivity contribution >= 4 is 40.6 Å². The number of pyridine rings is 1. The molecule has 1 amide bonds. The highest BCUT2D eigenvalue weighted by molar-refractivity contribution is 7.99. The highest BCUT2D eigenvalue weighted by atomic mass is 35.5. The van der Waals surface area contributed by atoms with E-state index in [0.29, 0.717) is 21.8 Å². The molecule has 0 radical (unpaired) electrons. The summed E-state index contributed by atoms with van der Waals surface area (Å²) >= 11 is 7.66. The van der Waals surface area contributed by atoms with E-state index < -0.39 is 0 Å². The van der Waals surface area contributed by atoms with Gasteiger partial charge >= 0.3 is 0 Å². The Morgan fingerprint density at radius 2 is 1.93 bits per heavy atom. The third kappa shape index (κ3) is 4.92. The number of carbonyl (C=O) groups is 1. The van der Waals surface area contributed by atoms with Gasteiger partial charge in [-0.3, -0.25) is 9.78 Å². The molecule has 1 fully saturated rings. The van der Waals surface area contributed by atoms with Crippen molar-refractivity contribution in [3.8, 4) is 11.5 Å². The van der Waals surface area contributed by atoms with Crippen molar-refractivity contribution in [1.82, 2.24) is 20.1 Å². The summed E-state index contributed by atoms with van der Waals surface area (Å²) in [6.45, 7) is 3.62. The summed E-state index contributed by atoms with van der Waals surface area (Å²) in [6, 6.07) is 9.13. The number of hydrogen-bond donors (Lipinski definition) is 1. The lowest BCUT2D eigenvalue weighted by Gasteiger charge is -2.35. The normalized spacial score (nSPS) is 14.7. The maximum absolute atomic E-state index is 12.6. The molecule has 1 saturated heterocycles. The second kappa shape index (κ2) is 9.46. The first-order chi connectivity index (χ1) is 14.6. The lowest BCUT2D eigenvalue weighted by atomic mass is 10.2. The monoisotopic (exact) mass is 444 g/mol. The van der Waals surface area contributed by atoms with Gasteiger partial charge in [0, 0.05) is 44.1 Å². The highest BCUT2D eigenvalue weighted by Gasteiger charge is 2.21. The molecule has 0 saturated carbocycles. The van der Waals surface area contributed by atoms with Crippen molar-refractivity contribution in [2.45, 2.75) is 5.22 Å². The third-order valence-corrected chi connectivity index (χ3v) is 5.86. The molecule has 0 aliphatic carbocycles. The van der Waals surface area contributed by atoms with E-state index in [9.17, 15) is 4.79 Å². The van der Waals surface area contributed by atoms with E-state index in [-0.39, 0.29) is 11.7 Å². The van der Waals surface area contributed by atoms with E-state index >= 15 is 0 Å². The van der Waals surface area contributed by atoms with Gasteiger partial charge in [0.2, 0.25) is 11.8 Å². The molecule has 0 unspecified atom stereocenters. The fraction of sp³-hybridized carbons (Fsp3) is 0.300. The van der Waals surface area contributed by atoms with Crippen LogP contribution in [-0.4, -0.2) is 65.0 Å². The molecule has 0 atom stereocenters. The Hall–Kier alpha value is -2.62. The Balaban J connectivity index is 1.39. The van der Waals surface area contributed by atoms with Crippen molar-refractivity contribution in [3.05, 3.63) is 47.7 Å². The molecule has 0 spiro atoms. The van der Waals surface area contributed by atoms with Gasteiger partial charge in [0.25, 0.3) is 5.22 Å². The number of rotatable bonds is 6. The van der Waals surface area contributed by atoms with Gasteiger partial charge in [-0.15, -0.1) is 10.2 Å². The lowest BCUT2D eigenvalue weighted by molar-refractivity contribution is -0.113. The molecule has 30 heavy (non-hydrogen) atoms. The second-order valence-corrected chi connectivity index (χ2v) is 8.21. The average Bonchev–Trinajstić information content (AvgIpc) is 3.23. The number of likely N-dealkylation sites (N-methyl/N-ethyl adjacent to an activating group) is 1. The SMILES string of the molecule is CN1CCN(c2c(Cl)cccc2NC(=O)CSc2nnc(-c3ccncc3)o2)CC1. The minimum Gasteiger partial charge on any atom is -0.411 e. The molecule has 8 nitrogen and oxygen atoms in total. The van der Waals surface area contributed by atoms with Gasteiger partial charge < -0.3 is 19.5 Å². The summed E-state index contributed by atoms with van der Waals surface area (Å²) in [5.74, 6) is 0.376. The number of para-hydroxylation sites is 1. The van der Waals surface area contributed by atoms with Gasteiger partial charge in [-0.05, 0) is 31.3 Å². The van der Waals surface area contributed by atoms with Crippen LogP contribution in [0.15, 0.2) is 52.4 Å². The number of halogens is 1. The van der Waals surface area contributed by atoms with Crippen LogP contribution in [0, 0.1) is 0 Å². The molecule has 2 aromatic heterocycles. The molecule has 4 rings (SSSR count). The van der Waals surface area contributed by atoms with Crippen LogP contribution >= 0.6 is 23.4 Å². The number of amides is 1. The molecule has 3 heterocycles. The number of aromatic nitrogens is 3. The quantitative estimate of drug-likeness (QED) is 0.579. The van der Waals surface area contributed by atoms with E-state index in [4.69, 9.17) is 16.0 Å². The van der Waals surface area contributed by atoms with Crippen molar-refractivity contribution in [3.63, 3.8) is 0 Å². The predicted octanol–water partition coefficient (Wildman–Crippen LogP) is 3.27. The van der Waals surface area contributed by atoms with Crippen molar-refractivity contribution < 1.29 is 9.21 Å². The van der Waals surface area contributed by atoms with Crippen molar-refractivity contribution in [2.24, 2.45) is 0 Å². The summed E-state index contributed by atoms with van der Waals surface area (Å²) in [5.41, 5.74) is 2.36. The van der Waals surface area contributed by atoms with E-state index in [1.54, 1.807) is 24.5 Å². The summed E-state index contributed by atoms with van der Waals surface area (Å²) in [5, 5.41) is 11.9. The number of nitrogens with zero attached hydrogens (tertiary/aromatic N) is 5. The van der Waals surface area contributed by atoms with Crippen LogP contribution in [0.2, 0.25) is 5.02 Å². The smallest absolute Gasteiger partial charge is 0.277 e. The zero-order valence-corrected chi connectivity index (χ0v) is 18.0. The van der Waals surface area contributed by atoms with Crippen LogP contribution in [0.1, 0.15) is 0 Å². The second-order valence-electron chi connectivity index (χ2n) is 6.87. The Morgan fingerprint density at radius 1 is 1.17 bits per heavy atom. The van der Waals surface area contributed by atoms with Crippen molar-refractivity contribution in [1.29, 1.82) is 0 Å². The van der Waals surface area contributed by atoms with Crippen LogP contribution in [0.3, 0.4) is 0 Å². The van der Waals surface area contributed by atoms with Crippen LogP contribution in [0.25, 0.3) is 11.5 Å². The zero-order valence-electron chi connectivity index (χ0n) is 16.4. The number of hydrogen-bond acceptors (Lipinski definition) is 8. The van der Waals surface area contributed by atoms with Gasteiger partial charge in [-0.2, -0.15) is 0 Å². The topological polar surface area (TPSA) is 87.4 Å². The van der Waals surface area contributed by atoms with E-state index in [1.807, 2.05) is 18.2 Å². The van der Waals surface area contributed by atoms with Gasteiger partial charge in [0.1, 0.15) is 0 Å². The van der Waals surface area contributed by atoms with Crippen LogP contribution in [0.4, 0.5) is 11.4 Å². The third-order valence-electron chi connectivity index (χ3n) is 4.74. The fourth-order valence-electron chi connectivity index (χ4n) is 3.16. The number of benzene rings is 1. The van der Waals surface area contributed by atoms with E-state index in [2.05, 4.69) is 37.3 Å². The zero-order chi connectivity index (χ0) is 20.9. The highest BCUT2D eigenvalue weighted by Crippen LogP contribution is 2.34. The number of thioether (sulfide) groups is 1. The van der Waals surface area contributed by atoms with E-state index in [0.717, 1.165) is 37.4 Å². The Kier molecular flexibility index (Phi) is 6.51. The molecule has 1 aromatic carbocycles. The molecule has 1 aliphatic heterocycles. The molecule has 3 aromatic rings. The van der Waals surface area contributed by atoms with Gasteiger partial charge in [0.15, 0.2) is 0 Å². The van der Waals surface area contributed by atoms with Crippen LogP contribution in [-0.2, 0) is 4.79 Å². The Morgan fingerprint density at radius 3 is 2.70 bits per heavy atom. The van der Waals surface area contributed by atoms with Gasteiger partial charge in [-0.25, -0.2) is 0 Å². The first kappa shape index (κ1) is 20.6. The van der Waals surface area contributed by atoms with Crippen LogP contribution < -0.4 is 10.2 Å². The minimum absolute atomic E-state index is 0.146. The maximum atomic E-state index is 12.6. The number of nitrogens with one attached hydrogen (secondary N) is 1. The first-order valence-electron chi connectivity index (χ1n) is 9.49. The number of piperazine rings is 1. The first-order valence-corrected chi connectivity index (χ1v) is 10.8.